The number of aliphatic hydroxyl groups is 1. The van der Waals surface area contributed by atoms with E-state index in [0.29, 0.717) is 6.42 Å². The van der Waals surface area contributed by atoms with E-state index in [-0.39, 0.29) is 37.5 Å². The molecule has 3 unspecified atom stereocenters. The van der Waals surface area contributed by atoms with Crippen molar-refractivity contribution in [3.8, 4) is 0 Å². The maximum absolute atomic E-state index is 13.2. The summed E-state index contributed by atoms with van der Waals surface area (Å²) in [6.45, 7) is 6.11. The molecule has 0 radical (unpaired) electrons. The Labute approximate surface area is 165 Å². The first-order chi connectivity index (χ1) is 13.4. The topological polar surface area (TPSA) is 79.4 Å². The number of hydrogen-bond donors (Lipinski definition) is 2. The van der Waals surface area contributed by atoms with Crippen molar-refractivity contribution in [2.75, 3.05) is 38.2 Å². The largest absolute Gasteiger partial charge is 0.396 e. The number of carbonyl (C=O) groups is 2. The van der Waals surface area contributed by atoms with E-state index < -0.39 is 6.04 Å². The van der Waals surface area contributed by atoms with Crippen LogP contribution in [0, 0.1) is 13.8 Å². The van der Waals surface area contributed by atoms with Crippen LogP contribution in [0.4, 0.5) is 10.5 Å². The Kier molecular flexibility index (Phi) is 5.03. The smallest absolute Gasteiger partial charge is 0.327 e. The fourth-order valence-corrected chi connectivity index (χ4v) is 4.73. The molecule has 0 spiro atoms. The summed E-state index contributed by atoms with van der Waals surface area (Å²) in [5, 5.41) is 12.7. The fraction of sp³-hybridized carbons (Fsp3) is 0.600. The van der Waals surface area contributed by atoms with E-state index in [2.05, 4.69) is 47.2 Å². The van der Waals surface area contributed by atoms with Crippen LogP contribution in [-0.2, 0) is 4.79 Å². The number of urea groups is 1. The van der Waals surface area contributed by atoms with E-state index in [9.17, 15) is 9.59 Å². The van der Waals surface area contributed by atoms with Gasteiger partial charge in [-0.05, 0) is 38.3 Å². The average Bonchev–Trinajstić information content (AvgIpc) is 3.06. The quantitative estimate of drug-likeness (QED) is 0.791. The number of fused-ring (bicyclic) bond motifs is 3. The number of nitrogens with one attached hydrogen (secondary N) is 1. The van der Waals surface area contributed by atoms with Crippen molar-refractivity contribution in [1.82, 2.24) is 20.0 Å². The molecule has 0 bridgehead atoms. The SMILES string of the molecule is Cc1ccc(N2CCCN3C4C(=O)N(CCCO)C(=O)N(C)C4NC23)c(C)c1. The highest BCUT2D eigenvalue weighted by Crippen LogP contribution is 2.34. The van der Waals surface area contributed by atoms with Crippen molar-refractivity contribution in [1.29, 1.82) is 0 Å². The zero-order valence-electron chi connectivity index (χ0n) is 16.8. The number of imide groups is 1. The van der Waals surface area contributed by atoms with Crippen LogP contribution in [0.1, 0.15) is 24.0 Å². The van der Waals surface area contributed by atoms with Gasteiger partial charge in [-0.25, -0.2) is 4.79 Å². The van der Waals surface area contributed by atoms with Crippen molar-refractivity contribution in [2.45, 2.75) is 45.2 Å². The van der Waals surface area contributed by atoms with Crippen LogP contribution >= 0.6 is 0 Å². The average molecular weight is 387 g/mol. The third kappa shape index (κ3) is 2.96. The van der Waals surface area contributed by atoms with Crippen LogP contribution < -0.4 is 10.2 Å². The molecule has 3 heterocycles. The predicted molar refractivity (Wildman–Crippen MR) is 106 cm³/mol. The molecule has 0 aromatic heterocycles. The molecule has 3 atom stereocenters. The van der Waals surface area contributed by atoms with Gasteiger partial charge in [0.1, 0.15) is 18.5 Å². The van der Waals surface area contributed by atoms with Crippen LogP contribution in [0.2, 0.25) is 0 Å². The number of carbonyl (C=O) groups excluding carboxylic acids is 2. The Hall–Kier alpha value is -2.16. The van der Waals surface area contributed by atoms with Crippen molar-refractivity contribution in [2.24, 2.45) is 0 Å². The van der Waals surface area contributed by atoms with Gasteiger partial charge in [-0.1, -0.05) is 17.7 Å². The molecule has 8 nitrogen and oxygen atoms in total. The minimum Gasteiger partial charge on any atom is -0.396 e. The van der Waals surface area contributed by atoms with Gasteiger partial charge in [-0.15, -0.1) is 0 Å². The van der Waals surface area contributed by atoms with Crippen LogP contribution in [0.3, 0.4) is 0 Å². The second-order valence-electron chi connectivity index (χ2n) is 7.97. The number of likely N-dealkylation sites (N-methyl/N-ethyl adjacent to an activating group) is 1. The first-order valence-corrected chi connectivity index (χ1v) is 9.98. The van der Waals surface area contributed by atoms with Gasteiger partial charge in [0.05, 0.1) is 0 Å². The van der Waals surface area contributed by atoms with Gasteiger partial charge in [0.25, 0.3) is 5.91 Å². The number of amides is 3. The van der Waals surface area contributed by atoms with E-state index in [1.807, 2.05) is 0 Å². The molecule has 3 amide bonds. The first kappa shape index (κ1) is 19.2. The molecule has 0 saturated carbocycles. The molecule has 3 aliphatic rings. The summed E-state index contributed by atoms with van der Waals surface area (Å²) in [6.07, 6.45) is 0.883. The molecule has 3 fully saturated rings. The monoisotopic (exact) mass is 387 g/mol. The van der Waals surface area contributed by atoms with E-state index in [1.54, 1.807) is 11.9 Å². The number of aryl methyl sites for hydroxylation is 2. The lowest BCUT2D eigenvalue weighted by Crippen LogP contribution is -2.66. The van der Waals surface area contributed by atoms with Gasteiger partial charge in [0.15, 0.2) is 0 Å². The molecule has 1 aromatic rings. The maximum atomic E-state index is 13.2. The summed E-state index contributed by atoms with van der Waals surface area (Å²) in [4.78, 5) is 33.3. The number of benzene rings is 1. The molecular formula is C20H29N5O3. The second-order valence-corrected chi connectivity index (χ2v) is 7.97. The number of rotatable bonds is 4. The van der Waals surface area contributed by atoms with Gasteiger partial charge in [-0.3, -0.25) is 19.9 Å². The molecule has 3 aliphatic heterocycles. The number of aliphatic hydroxyl groups excluding tert-OH is 1. The highest BCUT2D eigenvalue weighted by atomic mass is 16.3. The third-order valence-corrected chi connectivity index (χ3v) is 6.07. The lowest BCUT2D eigenvalue weighted by molar-refractivity contribution is -0.138. The van der Waals surface area contributed by atoms with Gasteiger partial charge in [0.2, 0.25) is 0 Å². The third-order valence-electron chi connectivity index (χ3n) is 6.07. The molecular weight excluding hydrogens is 358 g/mol. The number of hydrogen-bond acceptors (Lipinski definition) is 6. The Bertz CT molecular complexity index is 785. The summed E-state index contributed by atoms with van der Waals surface area (Å²) in [5.41, 5.74) is 3.59. The second kappa shape index (κ2) is 7.35. The van der Waals surface area contributed by atoms with E-state index >= 15 is 0 Å². The van der Waals surface area contributed by atoms with Gasteiger partial charge in [-0.2, -0.15) is 0 Å². The minimum atomic E-state index is -0.403. The normalized spacial score (nSPS) is 28.0. The summed E-state index contributed by atoms with van der Waals surface area (Å²) in [6, 6.07) is 5.72. The standard InChI is InChI=1S/C20H29N5O3/c1-13-6-7-15(14(2)12-13)23-8-4-9-24-16-17(21-19(23)24)22(3)20(28)25(18(16)27)10-5-11-26/h6-7,12,16-17,19,21,26H,4-5,8-11H2,1-3H3. The molecule has 3 saturated heterocycles. The van der Waals surface area contributed by atoms with Gasteiger partial charge < -0.3 is 14.9 Å². The lowest BCUT2D eigenvalue weighted by atomic mass is 10.1. The highest BCUT2D eigenvalue weighted by molar-refractivity contribution is 6.00. The highest BCUT2D eigenvalue weighted by Gasteiger charge is 2.55. The Balaban J connectivity index is 1.64. The first-order valence-electron chi connectivity index (χ1n) is 9.98. The van der Waals surface area contributed by atoms with E-state index in [1.165, 1.54) is 16.0 Å². The Morgan fingerprint density at radius 3 is 2.71 bits per heavy atom. The summed E-state index contributed by atoms with van der Waals surface area (Å²) < 4.78 is 0. The molecule has 2 N–H and O–H groups in total. The van der Waals surface area contributed by atoms with Crippen LogP contribution in [-0.4, -0.2) is 83.5 Å². The molecule has 152 valence electrons. The zero-order valence-corrected chi connectivity index (χ0v) is 16.8. The summed E-state index contributed by atoms with van der Waals surface area (Å²) >= 11 is 0. The predicted octanol–water partition coefficient (Wildman–Crippen LogP) is 0.673. The number of anilines is 1. The zero-order chi connectivity index (χ0) is 20.0. The van der Waals surface area contributed by atoms with Crippen LogP contribution in [0.5, 0.6) is 0 Å². The van der Waals surface area contributed by atoms with Crippen molar-refractivity contribution in [3.05, 3.63) is 29.3 Å². The minimum absolute atomic E-state index is 0.0417. The summed E-state index contributed by atoms with van der Waals surface area (Å²) in [7, 11) is 1.74. The fourth-order valence-electron chi connectivity index (χ4n) is 4.73. The van der Waals surface area contributed by atoms with Crippen molar-refractivity contribution < 1.29 is 14.7 Å². The maximum Gasteiger partial charge on any atom is 0.327 e. The molecule has 8 heteroatoms. The Morgan fingerprint density at radius 2 is 2.00 bits per heavy atom. The molecule has 28 heavy (non-hydrogen) atoms. The van der Waals surface area contributed by atoms with E-state index in [0.717, 1.165) is 25.2 Å². The van der Waals surface area contributed by atoms with Crippen LogP contribution in [0.15, 0.2) is 18.2 Å². The lowest BCUT2D eigenvalue weighted by Gasteiger charge is -2.44. The Morgan fingerprint density at radius 1 is 1.21 bits per heavy atom. The van der Waals surface area contributed by atoms with Crippen LogP contribution in [0.25, 0.3) is 0 Å². The van der Waals surface area contributed by atoms with Gasteiger partial charge >= 0.3 is 6.03 Å². The molecule has 4 rings (SSSR count). The van der Waals surface area contributed by atoms with Gasteiger partial charge in [0, 0.05) is 39.0 Å². The molecule has 1 aromatic carbocycles. The summed E-state index contributed by atoms with van der Waals surface area (Å²) in [5.74, 6) is -0.168. The van der Waals surface area contributed by atoms with Crippen molar-refractivity contribution >= 4 is 17.6 Å². The molecule has 0 aliphatic carbocycles. The van der Waals surface area contributed by atoms with Crippen molar-refractivity contribution in [3.63, 3.8) is 0 Å². The van der Waals surface area contributed by atoms with E-state index in [4.69, 9.17) is 5.11 Å². The number of nitrogens with zero attached hydrogens (tertiary/aromatic N) is 4.